The predicted molar refractivity (Wildman–Crippen MR) is 111 cm³/mol. The number of pyridine rings is 1. The molecule has 0 radical (unpaired) electrons. The highest BCUT2D eigenvalue weighted by Crippen LogP contribution is 2.34. The van der Waals surface area contributed by atoms with Gasteiger partial charge in [0.15, 0.2) is 0 Å². The highest BCUT2D eigenvalue weighted by Gasteiger charge is 2.10. The van der Waals surface area contributed by atoms with Crippen molar-refractivity contribution >= 4 is 11.4 Å². The third kappa shape index (κ3) is 4.42. The van der Waals surface area contributed by atoms with Crippen LogP contribution < -0.4 is 9.75 Å². The maximum atomic E-state index is 9.37. The van der Waals surface area contributed by atoms with Gasteiger partial charge in [0.05, 0.1) is 25.1 Å². The van der Waals surface area contributed by atoms with E-state index < -0.39 is 0 Å². The number of benzene rings is 2. The number of aliphatic hydroxyl groups excluding tert-OH is 1. The summed E-state index contributed by atoms with van der Waals surface area (Å²) in [4.78, 5) is 4.21. The van der Waals surface area contributed by atoms with E-state index in [4.69, 9.17) is 4.74 Å². The summed E-state index contributed by atoms with van der Waals surface area (Å²) in [6.45, 7) is 3.90. The number of methoxy groups -OCH3 is 1. The molecule has 0 atom stereocenters. The van der Waals surface area contributed by atoms with Gasteiger partial charge < -0.3 is 9.84 Å². The summed E-state index contributed by atoms with van der Waals surface area (Å²) < 4.78 is 5.57. The molecule has 0 spiro atoms. The monoisotopic (exact) mass is 374 g/mol. The Hall–Kier alpha value is -3.51. The fourth-order valence-corrected chi connectivity index (χ4v) is 2.71. The fraction of sp³-hybridized carbons (Fsp3) is 0.136. The molecule has 1 aromatic heterocycles. The fourth-order valence-electron chi connectivity index (χ4n) is 2.71. The zero-order valence-electron chi connectivity index (χ0n) is 15.9. The van der Waals surface area contributed by atoms with Gasteiger partial charge >= 0.3 is 0 Å². The zero-order chi connectivity index (χ0) is 19.9. The van der Waals surface area contributed by atoms with E-state index in [1.54, 1.807) is 25.4 Å². The third-order valence-electron chi connectivity index (χ3n) is 4.24. The third-order valence-corrected chi connectivity index (χ3v) is 4.24. The first-order valence-electron chi connectivity index (χ1n) is 8.76. The Morgan fingerprint density at radius 3 is 2.71 bits per heavy atom. The van der Waals surface area contributed by atoms with Gasteiger partial charge in [-0.15, -0.1) is 5.11 Å². The summed E-state index contributed by atoms with van der Waals surface area (Å²) in [6, 6.07) is 19.1. The summed E-state index contributed by atoms with van der Waals surface area (Å²) in [5.74, 6) is 0.707. The van der Waals surface area contributed by atoms with Crippen LogP contribution in [-0.2, 0) is 6.61 Å². The van der Waals surface area contributed by atoms with Crippen LogP contribution in [0.2, 0.25) is 0 Å². The van der Waals surface area contributed by atoms with Gasteiger partial charge in [-0.3, -0.25) is 4.98 Å². The molecule has 6 heteroatoms. The van der Waals surface area contributed by atoms with E-state index in [2.05, 4.69) is 21.9 Å². The number of nitrogens with zero attached hydrogens (tertiary/aromatic N) is 4. The van der Waals surface area contributed by atoms with Crippen molar-refractivity contribution in [2.24, 2.45) is 10.3 Å². The molecule has 6 nitrogen and oxygen atoms in total. The van der Waals surface area contributed by atoms with E-state index in [1.807, 2.05) is 60.7 Å². The van der Waals surface area contributed by atoms with E-state index in [0.29, 0.717) is 17.1 Å². The Labute approximate surface area is 164 Å². The van der Waals surface area contributed by atoms with Crippen molar-refractivity contribution in [3.8, 4) is 16.9 Å². The average molecular weight is 374 g/mol. The average Bonchev–Trinajstić information content (AvgIpc) is 2.77. The minimum atomic E-state index is -0.00246. The molecule has 0 amide bonds. The molecule has 3 rings (SSSR count). The normalized spacial score (nSPS) is 10.8. The van der Waals surface area contributed by atoms with Gasteiger partial charge in [-0.25, -0.2) is 5.01 Å². The van der Waals surface area contributed by atoms with E-state index >= 15 is 0 Å². The van der Waals surface area contributed by atoms with Gasteiger partial charge in [0.1, 0.15) is 11.4 Å². The molecule has 0 aliphatic carbocycles. The van der Waals surface area contributed by atoms with Crippen LogP contribution in [0.15, 0.2) is 83.8 Å². The molecule has 28 heavy (non-hydrogen) atoms. The smallest absolute Gasteiger partial charge is 0.128 e. The summed E-state index contributed by atoms with van der Waals surface area (Å²) >= 11 is 0. The molecular formula is C22H22N4O2. The van der Waals surface area contributed by atoms with Gasteiger partial charge in [-0.1, -0.05) is 36.1 Å². The molecule has 1 heterocycles. The Morgan fingerprint density at radius 1 is 1.14 bits per heavy atom. The zero-order valence-corrected chi connectivity index (χ0v) is 15.9. The van der Waals surface area contributed by atoms with Crippen LogP contribution in [-0.4, -0.2) is 24.2 Å². The standard InChI is InChI=1S/C22H22N4O2/c1-16(21-9-4-5-12-23-21)24-25-26(2)19-10-11-20(22(14-19)28-3)18-8-6-7-17(13-18)15-27/h4-14,27H,1,15H2,2-3H3. The summed E-state index contributed by atoms with van der Waals surface area (Å²) in [5, 5.41) is 19.4. The molecule has 142 valence electrons. The van der Waals surface area contributed by atoms with Crippen molar-refractivity contribution < 1.29 is 9.84 Å². The molecule has 0 bridgehead atoms. The van der Waals surface area contributed by atoms with E-state index in [0.717, 1.165) is 22.4 Å². The highest BCUT2D eigenvalue weighted by atomic mass is 16.5. The van der Waals surface area contributed by atoms with Crippen LogP contribution in [0.5, 0.6) is 5.75 Å². The van der Waals surface area contributed by atoms with Crippen molar-refractivity contribution in [2.75, 3.05) is 19.2 Å². The summed E-state index contributed by atoms with van der Waals surface area (Å²) in [7, 11) is 3.43. The van der Waals surface area contributed by atoms with Crippen LogP contribution in [0.4, 0.5) is 5.69 Å². The van der Waals surface area contributed by atoms with Crippen molar-refractivity contribution in [1.29, 1.82) is 0 Å². The van der Waals surface area contributed by atoms with E-state index in [-0.39, 0.29) is 6.61 Å². The molecule has 0 saturated carbocycles. The number of hydrogen-bond acceptors (Lipinski definition) is 5. The number of anilines is 1. The van der Waals surface area contributed by atoms with Crippen molar-refractivity contribution in [1.82, 2.24) is 4.98 Å². The lowest BCUT2D eigenvalue weighted by Gasteiger charge is -2.16. The molecule has 2 aromatic carbocycles. The topological polar surface area (TPSA) is 70.3 Å². The Kier molecular flexibility index (Phi) is 6.14. The molecule has 3 aromatic rings. The second-order valence-corrected chi connectivity index (χ2v) is 6.12. The lowest BCUT2D eigenvalue weighted by Crippen LogP contribution is -2.07. The molecule has 0 saturated heterocycles. The highest BCUT2D eigenvalue weighted by molar-refractivity contribution is 5.74. The quantitative estimate of drug-likeness (QED) is 0.480. The minimum absolute atomic E-state index is 0.00246. The lowest BCUT2D eigenvalue weighted by molar-refractivity contribution is 0.282. The molecule has 0 aliphatic rings. The molecule has 0 fully saturated rings. The maximum Gasteiger partial charge on any atom is 0.128 e. The summed E-state index contributed by atoms with van der Waals surface area (Å²) in [5.41, 5.74) is 4.74. The first kappa shape index (κ1) is 19.3. The lowest BCUT2D eigenvalue weighted by atomic mass is 10.0. The van der Waals surface area contributed by atoms with Crippen molar-refractivity contribution in [2.45, 2.75) is 6.61 Å². The Bertz CT molecular complexity index is 987. The van der Waals surface area contributed by atoms with E-state index in [1.165, 1.54) is 0 Å². The van der Waals surface area contributed by atoms with Gasteiger partial charge in [0.2, 0.25) is 0 Å². The van der Waals surface area contributed by atoms with Crippen LogP contribution in [0, 0.1) is 0 Å². The van der Waals surface area contributed by atoms with Crippen LogP contribution >= 0.6 is 0 Å². The second kappa shape index (κ2) is 8.92. The van der Waals surface area contributed by atoms with Gasteiger partial charge in [0, 0.05) is 24.9 Å². The predicted octanol–water partition coefficient (Wildman–Crippen LogP) is 4.72. The SMILES string of the molecule is C=C(N=NN(C)c1ccc(-c2cccc(CO)c2)c(OC)c1)c1ccccn1. The van der Waals surface area contributed by atoms with Gasteiger partial charge in [0.25, 0.3) is 0 Å². The van der Waals surface area contributed by atoms with Crippen LogP contribution in [0.25, 0.3) is 16.8 Å². The number of rotatable bonds is 7. The maximum absolute atomic E-state index is 9.37. The number of hydrogen-bond donors (Lipinski definition) is 1. The summed E-state index contributed by atoms with van der Waals surface area (Å²) in [6.07, 6.45) is 1.69. The Morgan fingerprint density at radius 2 is 2.00 bits per heavy atom. The van der Waals surface area contributed by atoms with Crippen molar-refractivity contribution in [3.05, 3.63) is 84.7 Å². The van der Waals surface area contributed by atoms with Crippen LogP contribution in [0.3, 0.4) is 0 Å². The minimum Gasteiger partial charge on any atom is -0.496 e. The van der Waals surface area contributed by atoms with Gasteiger partial charge in [-0.05, 0) is 41.5 Å². The largest absolute Gasteiger partial charge is 0.496 e. The molecule has 0 unspecified atom stereocenters. The Balaban J connectivity index is 1.83. The number of ether oxygens (including phenoxy) is 1. The molecule has 1 N–H and O–H groups in total. The van der Waals surface area contributed by atoms with E-state index in [9.17, 15) is 5.11 Å². The number of aliphatic hydroxyl groups is 1. The van der Waals surface area contributed by atoms with Gasteiger partial charge in [-0.2, -0.15) is 0 Å². The first-order valence-corrected chi connectivity index (χ1v) is 8.76. The van der Waals surface area contributed by atoms with Crippen LogP contribution in [0.1, 0.15) is 11.3 Å². The molecule has 0 aliphatic heterocycles. The molecular weight excluding hydrogens is 352 g/mol. The number of aromatic nitrogens is 1. The van der Waals surface area contributed by atoms with Crippen molar-refractivity contribution in [3.63, 3.8) is 0 Å². The first-order chi connectivity index (χ1) is 13.6. The second-order valence-electron chi connectivity index (χ2n) is 6.12.